The zero-order chi connectivity index (χ0) is 23.3. The number of hydrogen-bond donors (Lipinski definition) is 3. The molecule has 2 heterocycles. The lowest BCUT2D eigenvalue weighted by Crippen LogP contribution is -2.32. The van der Waals surface area contributed by atoms with Crippen molar-refractivity contribution < 1.29 is 19.0 Å². The van der Waals surface area contributed by atoms with Crippen LogP contribution in [0.3, 0.4) is 0 Å². The van der Waals surface area contributed by atoms with E-state index in [4.69, 9.17) is 21.4 Å². The number of carbonyl (C=O) groups is 1. The van der Waals surface area contributed by atoms with Crippen LogP contribution >= 0.6 is 0 Å². The summed E-state index contributed by atoms with van der Waals surface area (Å²) >= 11 is 0. The van der Waals surface area contributed by atoms with Crippen molar-refractivity contribution in [2.75, 3.05) is 45.2 Å². The number of hydrogen-bond acceptors (Lipinski definition) is 8. The van der Waals surface area contributed by atoms with Gasteiger partial charge >= 0.3 is 6.09 Å². The monoisotopic (exact) mass is 445 g/mol. The Bertz CT molecular complexity index is 968. The van der Waals surface area contributed by atoms with Crippen LogP contribution in [0.4, 0.5) is 14.9 Å². The molecule has 1 aliphatic heterocycles. The van der Waals surface area contributed by atoms with Gasteiger partial charge in [-0.1, -0.05) is 6.07 Å². The molecule has 32 heavy (non-hydrogen) atoms. The van der Waals surface area contributed by atoms with Crippen LogP contribution in [0.15, 0.2) is 41.6 Å². The number of carbonyl (C=O) groups excluding carboxylic acids is 1. The first kappa shape index (κ1) is 23.4. The summed E-state index contributed by atoms with van der Waals surface area (Å²) in [7, 11) is 3.96. The number of cyclic esters (lactones) is 1. The highest BCUT2D eigenvalue weighted by molar-refractivity contribution is 5.95. The molecule has 1 aromatic carbocycles. The number of aliphatic hydroxyl groups excluding tert-OH is 1. The fourth-order valence-corrected chi connectivity index (χ4v) is 3.23. The van der Waals surface area contributed by atoms with Gasteiger partial charge in [0.1, 0.15) is 17.6 Å². The Morgan fingerprint density at radius 3 is 2.72 bits per heavy atom. The number of aliphatic hydroxyl groups is 1. The van der Waals surface area contributed by atoms with Crippen molar-refractivity contribution in [1.82, 2.24) is 15.0 Å². The fraction of sp³-hybridized carbons (Fsp3) is 0.381. The molecule has 5 N–H and O–H groups in total. The van der Waals surface area contributed by atoms with E-state index >= 15 is 0 Å². The highest BCUT2D eigenvalue weighted by Gasteiger charge is 2.32. The largest absolute Gasteiger partial charge is 0.441 e. The zero-order valence-electron chi connectivity index (χ0n) is 18.1. The SMILES string of the molecule is CN(C)CCCN(N)/N=C(\N)c1ccc(-c2ccc(N3C[C@H](CO)OC3=O)cc2F)cn1. The van der Waals surface area contributed by atoms with Gasteiger partial charge in [-0.15, -0.1) is 5.10 Å². The summed E-state index contributed by atoms with van der Waals surface area (Å²) in [6, 6.07) is 7.74. The summed E-state index contributed by atoms with van der Waals surface area (Å²) in [5.74, 6) is 5.49. The number of nitrogens with zero attached hydrogens (tertiary/aromatic N) is 5. The van der Waals surface area contributed by atoms with Crippen molar-refractivity contribution in [3.05, 3.63) is 48.0 Å². The molecule has 1 saturated heterocycles. The molecule has 3 rings (SSSR count). The third kappa shape index (κ3) is 5.69. The zero-order valence-corrected chi connectivity index (χ0v) is 18.1. The van der Waals surface area contributed by atoms with E-state index in [0.717, 1.165) is 13.0 Å². The van der Waals surface area contributed by atoms with Crippen LogP contribution < -0.4 is 16.5 Å². The second-order valence-corrected chi connectivity index (χ2v) is 7.70. The number of aromatic nitrogens is 1. The Kier molecular flexibility index (Phi) is 7.57. The van der Waals surface area contributed by atoms with Gasteiger partial charge in [-0.05, 0) is 51.3 Å². The molecular formula is C21H28FN7O3. The van der Waals surface area contributed by atoms with E-state index in [1.165, 1.54) is 22.3 Å². The van der Waals surface area contributed by atoms with Crippen molar-refractivity contribution in [3.8, 4) is 11.1 Å². The highest BCUT2D eigenvalue weighted by atomic mass is 19.1. The number of pyridine rings is 1. The fourth-order valence-electron chi connectivity index (χ4n) is 3.23. The Balaban J connectivity index is 1.69. The van der Waals surface area contributed by atoms with Crippen molar-refractivity contribution >= 4 is 17.6 Å². The molecule has 0 radical (unpaired) electrons. The quantitative estimate of drug-likeness (QED) is 0.225. The molecule has 1 aromatic heterocycles. The summed E-state index contributed by atoms with van der Waals surface area (Å²) in [5.41, 5.74) is 7.62. The Morgan fingerprint density at radius 1 is 1.34 bits per heavy atom. The highest BCUT2D eigenvalue weighted by Crippen LogP contribution is 2.28. The molecule has 10 nitrogen and oxygen atoms in total. The number of amides is 1. The number of rotatable bonds is 9. The van der Waals surface area contributed by atoms with Gasteiger partial charge < -0.3 is 20.5 Å². The third-order valence-corrected chi connectivity index (χ3v) is 4.91. The van der Waals surface area contributed by atoms with Gasteiger partial charge in [0.2, 0.25) is 0 Å². The minimum absolute atomic E-state index is 0.158. The van der Waals surface area contributed by atoms with E-state index < -0.39 is 18.0 Å². The number of amidine groups is 1. The second kappa shape index (κ2) is 10.4. The molecule has 1 fully saturated rings. The summed E-state index contributed by atoms with van der Waals surface area (Å²) in [5, 5.41) is 14.5. The average molecular weight is 445 g/mol. The molecule has 172 valence electrons. The maximum atomic E-state index is 14.8. The van der Waals surface area contributed by atoms with E-state index in [2.05, 4.69) is 15.0 Å². The predicted molar refractivity (Wildman–Crippen MR) is 119 cm³/mol. The second-order valence-electron chi connectivity index (χ2n) is 7.70. The number of ether oxygens (including phenoxy) is 1. The normalized spacial score (nSPS) is 16.6. The van der Waals surface area contributed by atoms with Crippen molar-refractivity contribution in [2.24, 2.45) is 16.7 Å². The summed E-state index contributed by atoms with van der Waals surface area (Å²) in [6.45, 7) is 1.29. The summed E-state index contributed by atoms with van der Waals surface area (Å²) in [4.78, 5) is 19.5. The summed E-state index contributed by atoms with van der Waals surface area (Å²) < 4.78 is 19.8. The number of halogens is 1. The molecule has 2 aromatic rings. The van der Waals surface area contributed by atoms with Gasteiger partial charge in [-0.2, -0.15) is 0 Å². The van der Waals surface area contributed by atoms with Crippen LogP contribution in [-0.4, -0.2) is 78.5 Å². The average Bonchev–Trinajstić information content (AvgIpc) is 3.14. The van der Waals surface area contributed by atoms with E-state index in [1.54, 1.807) is 24.3 Å². The van der Waals surface area contributed by atoms with Crippen molar-refractivity contribution in [3.63, 3.8) is 0 Å². The van der Waals surface area contributed by atoms with Gasteiger partial charge in [0.05, 0.1) is 25.4 Å². The molecule has 1 amide bonds. The van der Waals surface area contributed by atoms with Crippen molar-refractivity contribution in [2.45, 2.75) is 12.5 Å². The van der Waals surface area contributed by atoms with Crippen LogP contribution in [0.1, 0.15) is 12.1 Å². The molecule has 11 heteroatoms. The number of benzene rings is 1. The lowest BCUT2D eigenvalue weighted by molar-refractivity contribution is 0.0963. The lowest BCUT2D eigenvalue weighted by atomic mass is 10.1. The topological polar surface area (TPSA) is 134 Å². The number of hydrazine groups is 1. The molecule has 1 aliphatic rings. The maximum Gasteiger partial charge on any atom is 0.414 e. The van der Waals surface area contributed by atoms with E-state index in [-0.39, 0.29) is 19.0 Å². The van der Waals surface area contributed by atoms with Gasteiger partial charge in [0.15, 0.2) is 5.84 Å². The number of nitrogens with two attached hydrogens (primary N) is 2. The molecule has 0 unspecified atom stereocenters. The van der Waals surface area contributed by atoms with Crippen LogP contribution in [0, 0.1) is 5.82 Å². The number of hydrazone groups is 1. The van der Waals surface area contributed by atoms with Gasteiger partial charge in [0.25, 0.3) is 0 Å². The van der Waals surface area contributed by atoms with Gasteiger partial charge in [-0.3, -0.25) is 9.88 Å². The maximum absolute atomic E-state index is 14.8. The first-order valence-electron chi connectivity index (χ1n) is 10.1. The summed E-state index contributed by atoms with van der Waals surface area (Å²) in [6.07, 6.45) is 1.09. The van der Waals surface area contributed by atoms with Crippen molar-refractivity contribution in [1.29, 1.82) is 0 Å². The minimum Gasteiger partial charge on any atom is -0.441 e. The molecule has 1 atom stereocenters. The Morgan fingerprint density at radius 2 is 2.12 bits per heavy atom. The lowest BCUT2D eigenvalue weighted by Gasteiger charge is -2.15. The molecule has 0 aliphatic carbocycles. The van der Waals surface area contributed by atoms with E-state index in [0.29, 0.717) is 29.1 Å². The van der Waals surface area contributed by atoms with Crippen LogP contribution in [0.2, 0.25) is 0 Å². The predicted octanol–water partition coefficient (Wildman–Crippen LogP) is 0.953. The Hall–Kier alpha value is -3.28. The van der Waals surface area contributed by atoms with E-state index in [1.807, 2.05) is 14.1 Å². The smallest absolute Gasteiger partial charge is 0.414 e. The first-order chi connectivity index (χ1) is 15.3. The van der Waals surface area contributed by atoms with Crippen LogP contribution in [-0.2, 0) is 4.74 Å². The van der Waals surface area contributed by atoms with Gasteiger partial charge in [-0.25, -0.2) is 20.1 Å². The number of anilines is 1. The third-order valence-electron chi connectivity index (χ3n) is 4.91. The van der Waals surface area contributed by atoms with Gasteiger partial charge in [0, 0.05) is 17.3 Å². The molecule has 0 spiro atoms. The Labute approximate surface area is 185 Å². The first-order valence-corrected chi connectivity index (χ1v) is 10.1. The van der Waals surface area contributed by atoms with Crippen LogP contribution in [0.5, 0.6) is 0 Å². The van der Waals surface area contributed by atoms with E-state index in [9.17, 15) is 9.18 Å². The minimum atomic E-state index is -0.619. The standard InChI is InChI=1S/C21H28FN7O3/c1-27(2)8-3-9-29(24)26-20(23)19-7-4-14(11-25-19)17-6-5-15(10-18(17)22)28-12-16(13-30)32-21(28)31/h4-7,10-11,16,30H,3,8-9,12-13,24H2,1-2H3,(H2,23,26)/t16-/m1/s1. The molecule has 0 bridgehead atoms. The van der Waals surface area contributed by atoms with Crippen LogP contribution in [0.25, 0.3) is 11.1 Å². The molecule has 0 saturated carbocycles. The molecular weight excluding hydrogens is 417 g/mol.